The molecule has 1 aliphatic rings. The molecular weight excluding hydrogens is 284 g/mol. The number of hydrogen-bond donors (Lipinski definition) is 1. The lowest BCUT2D eigenvalue weighted by Crippen LogP contribution is -2.39. The maximum Gasteiger partial charge on any atom is 0.318 e. The van der Waals surface area contributed by atoms with Crippen molar-refractivity contribution in [3.63, 3.8) is 0 Å². The molecule has 0 spiro atoms. The Morgan fingerprint density at radius 1 is 1.13 bits per heavy atom. The van der Waals surface area contributed by atoms with Crippen LogP contribution in [0.25, 0.3) is 0 Å². The molecule has 3 rings (SSSR count). The molecule has 0 radical (unpaired) electrons. The molecule has 1 fully saturated rings. The highest BCUT2D eigenvalue weighted by Crippen LogP contribution is 2.32. The van der Waals surface area contributed by atoms with Crippen LogP contribution in [0.3, 0.4) is 0 Å². The van der Waals surface area contributed by atoms with Gasteiger partial charge in [0.2, 0.25) is 0 Å². The van der Waals surface area contributed by atoms with Gasteiger partial charge in [-0.3, -0.25) is 0 Å². The van der Waals surface area contributed by atoms with Gasteiger partial charge >= 0.3 is 6.03 Å². The Kier molecular flexibility index (Phi) is 4.65. The van der Waals surface area contributed by atoms with Crippen molar-refractivity contribution in [3.8, 4) is 0 Å². The third kappa shape index (κ3) is 3.73. The second kappa shape index (κ2) is 6.86. The van der Waals surface area contributed by atoms with Crippen LogP contribution < -0.4 is 5.32 Å². The smallest absolute Gasteiger partial charge is 0.318 e. The van der Waals surface area contributed by atoms with Gasteiger partial charge in [-0.2, -0.15) is 0 Å². The minimum absolute atomic E-state index is 0.0366. The standard InChI is InChI=1S/C20H24N2O/c1-15-8-10-17(11-9-15)14-21-20(23)22-12-4-7-19(22)18-6-3-5-16(2)13-18/h3,5-6,8-11,13,19H,4,7,12,14H2,1-2H3,(H,21,23)/t19-/m1/s1. The molecule has 2 aromatic rings. The normalized spacial score (nSPS) is 17.3. The molecule has 0 aromatic heterocycles. The molecule has 23 heavy (non-hydrogen) atoms. The molecule has 3 heteroatoms. The van der Waals surface area contributed by atoms with Crippen LogP contribution in [0.15, 0.2) is 48.5 Å². The topological polar surface area (TPSA) is 32.3 Å². The van der Waals surface area contributed by atoms with Crippen molar-refractivity contribution < 1.29 is 4.79 Å². The Morgan fingerprint density at radius 2 is 1.91 bits per heavy atom. The molecule has 1 heterocycles. The SMILES string of the molecule is Cc1ccc(CNC(=O)N2CCC[C@@H]2c2cccc(C)c2)cc1. The molecule has 1 N–H and O–H groups in total. The number of amides is 2. The number of hydrogen-bond acceptors (Lipinski definition) is 1. The van der Waals surface area contributed by atoms with Crippen molar-refractivity contribution in [2.75, 3.05) is 6.54 Å². The van der Waals surface area contributed by atoms with Gasteiger partial charge in [0.25, 0.3) is 0 Å². The summed E-state index contributed by atoms with van der Waals surface area (Å²) in [5.74, 6) is 0. The predicted molar refractivity (Wildman–Crippen MR) is 93.3 cm³/mol. The van der Waals surface area contributed by atoms with Gasteiger partial charge in [-0.25, -0.2) is 4.79 Å². The lowest BCUT2D eigenvalue weighted by molar-refractivity contribution is 0.192. The first-order chi connectivity index (χ1) is 11.1. The Morgan fingerprint density at radius 3 is 2.65 bits per heavy atom. The average molecular weight is 308 g/mol. The first kappa shape index (κ1) is 15.6. The molecule has 0 bridgehead atoms. The Balaban J connectivity index is 1.65. The Labute approximate surface area is 138 Å². The van der Waals surface area contributed by atoms with E-state index in [1.807, 2.05) is 4.90 Å². The summed E-state index contributed by atoms with van der Waals surface area (Å²) < 4.78 is 0. The highest BCUT2D eigenvalue weighted by molar-refractivity contribution is 5.75. The molecule has 2 aromatic carbocycles. The number of rotatable bonds is 3. The highest BCUT2D eigenvalue weighted by Gasteiger charge is 2.29. The van der Waals surface area contributed by atoms with E-state index >= 15 is 0 Å². The summed E-state index contributed by atoms with van der Waals surface area (Å²) in [5.41, 5.74) is 4.86. The summed E-state index contributed by atoms with van der Waals surface area (Å²) in [6.07, 6.45) is 2.11. The predicted octanol–water partition coefficient (Wildman–Crippen LogP) is 4.35. The van der Waals surface area contributed by atoms with Gasteiger partial charge in [0.1, 0.15) is 0 Å². The fourth-order valence-electron chi connectivity index (χ4n) is 3.22. The summed E-state index contributed by atoms with van der Waals surface area (Å²) in [6.45, 7) is 5.58. The molecule has 1 aliphatic heterocycles. The van der Waals surface area contributed by atoms with Crippen molar-refractivity contribution in [2.24, 2.45) is 0 Å². The van der Waals surface area contributed by atoms with Crippen LogP contribution in [0.1, 0.15) is 41.1 Å². The van der Waals surface area contributed by atoms with E-state index in [4.69, 9.17) is 0 Å². The summed E-state index contributed by atoms with van der Waals surface area (Å²) in [7, 11) is 0. The van der Waals surface area contributed by atoms with Crippen molar-refractivity contribution in [2.45, 2.75) is 39.3 Å². The van der Waals surface area contributed by atoms with Gasteiger partial charge in [0.15, 0.2) is 0 Å². The van der Waals surface area contributed by atoms with E-state index in [1.54, 1.807) is 0 Å². The summed E-state index contributed by atoms with van der Waals surface area (Å²) in [6, 6.07) is 17.0. The lowest BCUT2D eigenvalue weighted by Gasteiger charge is -2.25. The molecule has 0 aliphatic carbocycles. The first-order valence-corrected chi connectivity index (χ1v) is 8.30. The van der Waals surface area contributed by atoms with Crippen LogP contribution >= 0.6 is 0 Å². The van der Waals surface area contributed by atoms with E-state index in [1.165, 1.54) is 16.7 Å². The van der Waals surface area contributed by atoms with E-state index in [2.05, 4.69) is 67.7 Å². The molecule has 2 amide bonds. The van der Waals surface area contributed by atoms with Crippen molar-refractivity contribution in [1.29, 1.82) is 0 Å². The Hall–Kier alpha value is -2.29. The number of carbonyl (C=O) groups excluding carboxylic acids is 1. The van der Waals surface area contributed by atoms with Crippen LogP contribution in [0.2, 0.25) is 0 Å². The van der Waals surface area contributed by atoms with Crippen molar-refractivity contribution in [1.82, 2.24) is 10.2 Å². The number of nitrogens with zero attached hydrogens (tertiary/aromatic N) is 1. The second-order valence-corrected chi connectivity index (χ2v) is 6.41. The third-order valence-electron chi connectivity index (χ3n) is 4.50. The zero-order chi connectivity index (χ0) is 16.2. The van der Waals surface area contributed by atoms with Crippen LogP contribution in [-0.4, -0.2) is 17.5 Å². The molecule has 1 saturated heterocycles. The summed E-state index contributed by atoms with van der Waals surface area (Å²) >= 11 is 0. The molecule has 3 nitrogen and oxygen atoms in total. The van der Waals surface area contributed by atoms with Gasteiger partial charge in [-0.1, -0.05) is 59.7 Å². The van der Waals surface area contributed by atoms with Gasteiger partial charge in [-0.15, -0.1) is 0 Å². The van der Waals surface area contributed by atoms with Gasteiger partial charge in [0, 0.05) is 13.1 Å². The zero-order valence-corrected chi connectivity index (χ0v) is 13.9. The number of nitrogens with one attached hydrogen (secondary N) is 1. The maximum atomic E-state index is 12.6. The quantitative estimate of drug-likeness (QED) is 0.898. The van der Waals surface area contributed by atoms with Crippen LogP contribution in [0, 0.1) is 13.8 Å². The third-order valence-corrected chi connectivity index (χ3v) is 4.50. The lowest BCUT2D eigenvalue weighted by atomic mass is 10.0. The number of urea groups is 1. The highest BCUT2D eigenvalue weighted by atomic mass is 16.2. The number of benzene rings is 2. The minimum atomic E-state index is 0.0366. The van der Waals surface area contributed by atoms with Crippen LogP contribution in [0.4, 0.5) is 4.79 Å². The van der Waals surface area contributed by atoms with Gasteiger partial charge in [0.05, 0.1) is 6.04 Å². The van der Waals surface area contributed by atoms with Crippen molar-refractivity contribution >= 4 is 6.03 Å². The largest absolute Gasteiger partial charge is 0.334 e. The summed E-state index contributed by atoms with van der Waals surface area (Å²) in [5, 5.41) is 3.06. The van der Waals surface area contributed by atoms with Crippen LogP contribution in [-0.2, 0) is 6.54 Å². The van der Waals surface area contributed by atoms with Crippen LogP contribution in [0.5, 0.6) is 0 Å². The maximum absolute atomic E-state index is 12.6. The summed E-state index contributed by atoms with van der Waals surface area (Å²) in [4.78, 5) is 14.5. The fourth-order valence-corrected chi connectivity index (χ4v) is 3.22. The van der Waals surface area contributed by atoms with E-state index < -0.39 is 0 Å². The van der Waals surface area contributed by atoms with E-state index in [9.17, 15) is 4.79 Å². The van der Waals surface area contributed by atoms with E-state index in [0.29, 0.717) is 6.54 Å². The van der Waals surface area contributed by atoms with E-state index in [0.717, 1.165) is 24.9 Å². The molecule has 0 unspecified atom stereocenters. The number of carbonyl (C=O) groups is 1. The Bertz CT molecular complexity index is 678. The zero-order valence-electron chi connectivity index (χ0n) is 13.9. The first-order valence-electron chi connectivity index (χ1n) is 8.30. The average Bonchev–Trinajstić information content (AvgIpc) is 3.04. The molecular formula is C20H24N2O. The molecule has 1 atom stereocenters. The monoisotopic (exact) mass is 308 g/mol. The number of likely N-dealkylation sites (tertiary alicyclic amines) is 1. The molecule has 0 saturated carbocycles. The van der Waals surface area contributed by atoms with E-state index in [-0.39, 0.29) is 12.1 Å². The molecule has 120 valence electrons. The van der Waals surface area contributed by atoms with Gasteiger partial charge < -0.3 is 10.2 Å². The number of aryl methyl sites for hydroxylation is 2. The van der Waals surface area contributed by atoms with Gasteiger partial charge in [-0.05, 0) is 37.8 Å². The fraction of sp³-hybridized carbons (Fsp3) is 0.350. The minimum Gasteiger partial charge on any atom is -0.334 e. The van der Waals surface area contributed by atoms with Crippen molar-refractivity contribution in [3.05, 3.63) is 70.8 Å². The second-order valence-electron chi connectivity index (χ2n) is 6.41.